The van der Waals surface area contributed by atoms with Crippen LogP contribution in [-0.4, -0.2) is 68.6 Å². The molecule has 2 aromatic rings. The predicted molar refractivity (Wildman–Crippen MR) is 130 cm³/mol. The summed E-state index contributed by atoms with van der Waals surface area (Å²) in [7, 11) is 0. The molecule has 0 radical (unpaired) electrons. The minimum Gasteiger partial charge on any atom is -0.480 e. The van der Waals surface area contributed by atoms with Crippen molar-refractivity contribution in [1.29, 1.82) is 0 Å². The van der Waals surface area contributed by atoms with Crippen molar-refractivity contribution >= 4 is 17.6 Å². The molecule has 13 heteroatoms. The van der Waals surface area contributed by atoms with Crippen molar-refractivity contribution in [2.24, 2.45) is 0 Å². The van der Waals surface area contributed by atoms with Crippen molar-refractivity contribution < 1.29 is 31.9 Å². The molecule has 0 amide bonds. The standard InChI is InChI=1S/C25H31F5N6O2/c26-24(27)14-18(15-24)36(12-2-1-5-17-7-6-16-4-3-10-31-21(16)33-17)13-9-19(22(37)38)34-20-8-11-32-23(35-20)25(28,29)30/h6-8,11,18-19H,1-5,9-10,12-15H2,(H,31,33)(H,37,38)(H,32,34,35). The van der Waals surface area contributed by atoms with Crippen LogP contribution < -0.4 is 10.6 Å². The quantitative estimate of drug-likeness (QED) is 0.264. The number of carboxylic acids is 1. The molecule has 1 aliphatic heterocycles. The first-order valence-corrected chi connectivity index (χ1v) is 12.7. The molecule has 0 spiro atoms. The number of hydrogen-bond donors (Lipinski definition) is 3. The van der Waals surface area contributed by atoms with Crippen LogP contribution in [0.4, 0.5) is 33.6 Å². The van der Waals surface area contributed by atoms with Gasteiger partial charge in [-0.15, -0.1) is 0 Å². The Kier molecular flexibility index (Phi) is 8.64. The number of fused-ring (bicyclic) bond motifs is 1. The zero-order valence-electron chi connectivity index (χ0n) is 20.8. The average molecular weight is 543 g/mol. The normalized spacial score (nSPS) is 17.8. The fourth-order valence-corrected chi connectivity index (χ4v) is 4.80. The van der Waals surface area contributed by atoms with E-state index in [1.165, 1.54) is 5.56 Å². The van der Waals surface area contributed by atoms with E-state index in [0.29, 0.717) is 13.0 Å². The molecule has 0 aromatic carbocycles. The van der Waals surface area contributed by atoms with Gasteiger partial charge in [0, 0.05) is 43.9 Å². The number of hydrogen-bond acceptors (Lipinski definition) is 7. The number of rotatable bonds is 12. The molecule has 2 aromatic heterocycles. The number of halogens is 5. The SMILES string of the molecule is O=C(O)C(CCN(CCCCc1ccc2c(n1)NCCC2)C1CC(F)(F)C1)Nc1ccnc(C(F)(F)F)n1. The van der Waals surface area contributed by atoms with Gasteiger partial charge in [-0.25, -0.2) is 28.5 Å². The third kappa shape index (κ3) is 7.49. The molecule has 1 saturated carbocycles. The van der Waals surface area contributed by atoms with E-state index in [9.17, 15) is 31.9 Å². The fourth-order valence-electron chi connectivity index (χ4n) is 4.80. The lowest BCUT2D eigenvalue weighted by atomic mass is 9.86. The number of carboxylic acid groups (broad SMARTS) is 1. The molecule has 208 valence electrons. The first-order valence-electron chi connectivity index (χ1n) is 12.7. The third-order valence-electron chi connectivity index (χ3n) is 6.90. The molecular weight excluding hydrogens is 511 g/mol. The highest BCUT2D eigenvalue weighted by Gasteiger charge is 2.47. The van der Waals surface area contributed by atoms with Crippen LogP contribution in [0.25, 0.3) is 0 Å². The summed E-state index contributed by atoms with van der Waals surface area (Å²) in [6, 6.07) is 3.62. The van der Waals surface area contributed by atoms with E-state index in [2.05, 4.69) is 31.7 Å². The van der Waals surface area contributed by atoms with Gasteiger partial charge >= 0.3 is 12.1 Å². The van der Waals surface area contributed by atoms with Crippen LogP contribution in [0.2, 0.25) is 0 Å². The second-order valence-electron chi connectivity index (χ2n) is 9.84. The molecule has 1 fully saturated rings. The van der Waals surface area contributed by atoms with Gasteiger partial charge in [-0.3, -0.25) is 4.90 Å². The summed E-state index contributed by atoms with van der Waals surface area (Å²) in [6.45, 7) is 1.60. The fraction of sp³-hybridized carbons (Fsp3) is 0.600. The number of aliphatic carboxylic acids is 1. The molecule has 8 nitrogen and oxygen atoms in total. The van der Waals surface area contributed by atoms with Gasteiger partial charge < -0.3 is 15.7 Å². The summed E-state index contributed by atoms with van der Waals surface area (Å²) >= 11 is 0. The Balaban J connectivity index is 1.32. The van der Waals surface area contributed by atoms with Gasteiger partial charge in [-0.2, -0.15) is 13.2 Å². The smallest absolute Gasteiger partial charge is 0.451 e. The average Bonchev–Trinajstić information content (AvgIpc) is 2.85. The van der Waals surface area contributed by atoms with Crippen molar-refractivity contribution in [1.82, 2.24) is 19.9 Å². The number of aryl methyl sites for hydroxylation is 2. The van der Waals surface area contributed by atoms with E-state index in [1.807, 2.05) is 11.0 Å². The van der Waals surface area contributed by atoms with E-state index in [0.717, 1.165) is 56.0 Å². The number of pyridine rings is 1. The molecule has 3 N–H and O–H groups in total. The lowest BCUT2D eigenvalue weighted by molar-refractivity contribution is -0.144. The summed E-state index contributed by atoms with van der Waals surface area (Å²) in [5.74, 6) is -4.74. The van der Waals surface area contributed by atoms with Gasteiger partial charge in [-0.1, -0.05) is 6.07 Å². The summed E-state index contributed by atoms with van der Waals surface area (Å²) in [5, 5.41) is 15.4. The largest absolute Gasteiger partial charge is 0.480 e. The highest BCUT2D eigenvalue weighted by atomic mass is 19.4. The van der Waals surface area contributed by atoms with Crippen molar-refractivity contribution in [3.8, 4) is 0 Å². The third-order valence-corrected chi connectivity index (χ3v) is 6.90. The van der Waals surface area contributed by atoms with Crippen LogP contribution >= 0.6 is 0 Å². The maximum absolute atomic E-state index is 13.6. The Morgan fingerprint density at radius 3 is 2.68 bits per heavy atom. The lowest BCUT2D eigenvalue weighted by Crippen LogP contribution is -2.52. The number of alkyl halides is 5. The molecule has 3 heterocycles. The number of nitrogens with zero attached hydrogens (tertiary/aromatic N) is 4. The van der Waals surface area contributed by atoms with Crippen LogP contribution in [0.15, 0.2) is 24.4 Å². The molecule has 0 saturated heterocycles. The van der Waals surface area contributed by atoms with Crippen LogP contribution in [0.1, 0.15) is 55.6 Å². The second-order valence-corrected chi connectivity index (χ2v) is 9.84. The van der Waals surface area contributed by atoms with Crippen LogP contribution in [0, 0.1) is 0 Å². The highest BCUT2D eigenvalue weighted by Crippen LogP contribution is 2.40. The number of aromatic nitrogens is 3. The zero-order valence-corrected chi connectivity index (χ0v) is 20.8. The van der Waals surface area contributed by atoms with Crippen molar-refractivity contribution in [3.05, 3.63) is 41.5 Å². The molecule has 1 atom stereocenters. The Morgan fingerprint density at radius 1 is 1.18 bits per heavy atom. The Bertz CT molecular complexity index is 1110. The monoisotopic (exact) mass is 542 g/mol. The van der Waals surface area contributed by atoms with Gasteiger partial charge in [0.05, 0.1) is 0 Å². The van der Waals surface area contributed by atoms with Gasteiger partial charge in [0.1, 0.15) is 17.7 Å². The lowest BCUT2D eigenvalue weighted by Gasteiger charge is -2.43. The summed E-state index contributed by atoms with van der Waals surface area (Å²) in [4.78, 5) is 24.9. The van der Waals surface area contributed by atoms with Crippen molar-refractivity contribution in [2.75, 3.05) is 30.3 Å². The van der Waals surface area contributed by atoms with E-state index in [4.69, 9.17) is 0 Å². The predicted octanol–water partition coefficient (Wildman–Crippen LogP) is 4.63. The van der Waals surface area contributed by atoms with Crippen molar-refractivity contribution in [3.63, 3.8) is 0 Å². The van der Waals surface area contributed by atoms with E-state index in [-0.39, 0.29) is 37.7 Å². The first-order chi connectivity index (χ1) is 18.0. The van der Waals surface area contributed by atoms with Crippen LogP contribution in [0.5, 0.6) is 0 Å². The summed E-state index contributed by atoms with van der Waals surface area (Å²) < 4.78 is 65.9. The summed E-state index contributed by atoms with van der Waals surface area (Å²) in [5.41, 5.74) is 2.16. The number of anilines is 2. The van der Waals surface area contributed by atoms with E-state index in [1.54, 1.807) is 0 Å². The second kappa shape index (κ2) is 11.7. The maximum Gasteiger partial charge on any atom is 0.451 e. The highest BCUT2D eigenvalue weighted by molar-refractivity contribution is 5.76. The Morgan fingerprint density at radius 2 is 1.97 bits per heavy atom. The van der Waals surface area contributed by atoms with Crippen LogP contribution in [0.3, 0.4) is 0 Å². The van der Waals surface area contributed by atoms with Crippen LogP contribution in [-0.2, 0) is 23.8 Å². The molecule has 38 heavy (non-hydrogen) atoms. The van der Waals surface area contributed by atoms with E-state index < -0.39 is 29.9 Å². The minimum absolute atomic E-state index is 0.000800. The molecular formula is C25H31F5N6O2. The Labute approximate surface area is 217 Å². The number of unbranched alkanes of at least 4 members (excludes halogenated alkanes) is 1. The maximum atomic E-state index is 13.6. The summed E-state index contributed by atoms with van der Waals surface area (Å²) in [6.07, 6.45) is -0.152. The topological polar surface area (TPSA) is 103 Å². The van der Waals surface area contributed by atoms with E-state index >= 15 is 0 Å². The molecule has 4 rings (SSSR count). The molecule has 2 aliphatic rings. The Hall–Kier alpha value is -3.09. The first kappa shape index (κ1) is 27.9. The number of nitrogens with one attached hydrogen (secondary N) is 2. The molecule has 0 bridgehead atoms. The van der Waals surface area contributed by atoms with Gasteiger partial charge in [0.15, 0.2) is 0 Å². The number of carbonyl (C=O) groups is 1. The zero-order chi connectivity index (χ0) is 27.3. The van der Waals surface area contributed by atoms with Gasteiger partial charge in [0.2, 0.25) is 5.82 Å². The minimum atomic E-state index is -4.77. The molecule has 1 unspecified atom stereocenters. The van der Waals surface area contributed by atoms with Gasteiger partial charge in [0.25, 0.3) is 5.92 Å². The molecule has 1 aliphatic carbocycles. The van der Waals surface area contributed by atoms with Crippen molar-refractivity contribution in [2.45, 2.75) is 75.5 Å². The van der Waals surface area contributed by atoms with Gasteiger partial charge in [-0.05, 0) is 62.8 Å².